The van der Waals surface area contributed by atoms with Crippen molar-refractivity contribution in [2.75, 3.05) is 0 Å². The summed E-state index contributed by atoms with van der Waals surface area (Å²) in [6, 6.07) is 0. The van der Waals surface area contributed by atoms with Crippen LogP contribution in [0.4, 0.5) is 0 Å². The maximum atomic E-state index is 10.9. The highest BCUT2D eigenvalue weighted by atomic mass is 17.4. The van der Waals surface area contributed by atoms with Crippen LogP contribution in [0.5, 0.6) is 0 Å². The largest absolute Gasteiger partial charge is 0.481 e. The summed E-state index contributed by atoms with van der Waals surface area (Å²) >= 11 is 0. The van der Waals surface area contributed by atoms with Crippen molar-refractivity contribution < 1.29 is 44.0 Å². The Balaban J connectivity index is 2.17. The summed E-state index contributed by atoms with van der Waals surface area (Å²) in [7, 11) is 0. The normalized spacial score (nSPS) is 33.2. The average Bonchev–Trinajstić information content (AvgIpc) is 2.65. The Kier molecular flexibility index (Phi) is 6.89. The van der Waals surface area contributed by atoms with Crippen molar-refractivity contribution in [3.63, 3.8) is 0 Å². The average molecular weight is 362 g/mol. The lowest BCUT2D eigenvalue weighted by molar-refractivity contribution is -0.551. The molecule has 1 aliphatic carbocycles. The quantitative estimate of drug-likeness (QED) is 0.563. The number of aldehydes is 1. The van der Waals surface area contributed by atoms with Gasteiger partial charge in [0, 0.05) is 32.1 Å². The van der Waals surface area contributed by atoms with Gasteiger partial charge in [-0.05, 0) is 26.7 Å². The van der Waals surface area contributed by atoms with Gasteiger partial charge >= 0.3 is 5.97 Å². The van der Waals surface area contributed by atoms with Gasteiger partial charge < -0.3 is 9.90 Å². The number of hydrogen-bond acceptors (Lipinski definition) is 8. The van der Waals surface area contributed by atoms with Gasteiger partial charge in [-0.2, -0.15) is 29.3 Å². The van der Waals surface area contributed by atoms with Crippen molar-refractivity contribution in [1.82, 2.24) is 0 Å². The minimum Gasteiger partial charge on any atom is -0.481 e. The molecule has 1 aliphatic heterocycles. The van der Waals surface area contributed by atoms with E-state index in [1.807, 2.05) is 0 Å². The minimum absolute atomic E-state index is 0.0117. The van der Waals surface area contributed by atoms with Gasteiger partial charge in [-0.3, -0.25) is 4.79 Å². The molecular weight excluding hydrogens is 336 g/mol. The van der Waals surface area contributed by atoms with E-state index in [0.717, 1.165) is 25.5 Å². The van der Waals surface area contributed by atoms with E-state index in [-0.39, 0.29) is 25.7 Å². The zero-order chi connectivity index (χ0) is 18.4. The third-order valence-corrected chi connectivity index (χ3v) is 4.26. The Morgan fingerprint density at radius 2 is 1.44 bits per heavy atom. The fraction of sp³-hybridized carbons (Fsp3) is 0.875. The van der Waals surface area contributed by atoms with Gasteiger partial charge in [0.25, 0.3) is 0 Å². The van der Waals surface area contributed by atoms with Gasteiger partial charge in [0.15, 0.2) is 0 Å². The van der Waals surface area contributed by atoms with Crippen LogP contribution in [0, 0.1) is 0 Å². The first-order chi connectivity index (χ1) is 11.8. The summed E-state index contributed by atoms with van der Waals surface area (Å²) in [6.07, 6.45) is 4.74. The molecule has 1 saturated carbocycles. The Bertz CT molecular complexity index is 463. The fourth-order valence-corrected chi connectivity index (χ4v) is 2.62. The first-order valence-electron chi connectivity index (χ1n) is 8.56. The lowest BCUT2D eigenvalue weighted by atomic mass is 9.94. The Labute approximate surface area is 146 Å². The third kappa shape index (κ3) is 5.98. The van der Waals surface area contributed by atoms with Gasteiger partial charge in [0.2, 0.25) is 17.4 Å². The second kappa shape index (κ2) is 8.52. The summed E-state index contributed by atoms with van der Waals surface area (Å²) in [5.41, 5.74) is 0. The Hall–Kier alpha value is -1.10. The molecule has 0 radical (unpaired) electrons. The van der Waals surface area contributed by atoms with Gasteiger partial charge in [-0.1, -0.05) is 6.42 Å². The van der Waals surface area contributed by atoms with E-state index in [1.165, 1.54) is 6.92 Å². The molecule has 2 rings (SSSR count). The van der Waals surface area contributed by atoms with E-state index < -0.39 is 23.3 Å². The van der Waals surface area contributed by atoms with Crippen LogP contribution >= 0.6 is 0 Å². The minimum atomic E-state index is -1.47. The van der Waals surface area contributed by atoms with E-state index >= 15 is 0 Å². The third-order valence-electron chi connectivity index (χ3n) is 4.26. The van der Waals surface area contributed by atoms with Crippen molar-refractivity contribution in [3.8, 4) is 0 Å². The summed E-state index contributed by atoms with van der Waals surface area (Å²) in [5.74, 6) is -4.96. The zero-order valence-electron chi connectivity index (χ0n) is 14.7. The van der Waals surface area contributed by atoms with Gasteiger partial charge in [0.05, 0.1) is 6.42 Å². The number of carboxylic acids is 1. The SMILES string of the molecule is CC1(CCC=O)OOC(C)(CCC(=O)O)OOC2(CCCCC2)OO1. The molecule has 25 heavy (non-hydrogen) atoms. The van der Waals surface area contributed by atoms with Gasteiger partial charge in [0.1, 0.15) is 6.29 Å². The van der Waals surface area contributed by atoms with Crippen LogP contribution < -0.4 is 0 Å². The molecule has 0 aromatic rings. The number of carbonyl (C=O) groups excluding carboxylic acids is 1. The van der Waals surface area contributed by atoms with E-state index in [9.17, 15) is 9.59 Å². The first kappa shape index (κ1) is 20.2. The Morgan fingerprint density at radius 3 is 1.96 bits per heavy atom. The zero-order valence-corrected chi connectivity index (χ0v) is 14.7. The highest BCUT2D eigenvalue weighted by molar-refractivity contribution is 5.66. The van der Waals surface area contributed by atoms with E-state index in [2.05, 4.69) is 0 Å². The monoisotopic (exact) mass is 362 g/mol. The molecule has 1 heterocycles. The molecule has 2 unspecified atom stereocenters. The molecule has 2 aliphatic rings. The predicted octanol–water partition coefficient (Wildman–Crippen LogP) is 2.78. The van der Waals surface area contributed by atoms with Crippen molar-refractivity contribution in [1.29, 1.82) is 0 Å². The molecule has 2 atom stereocenters. The molecule has 0 bridgehead atoms. The molecule has 144 valence electrons. The molecule has 0 amide bonds. The van der Waals surface area contributed by atoms with Crippen molar-refractivity contribution in [2.45, 2.75) is 89.0 Å². The number of rotatable bonds is 6. The lowest BCUT2D eigenvalue weighted by Gasteiger charge is -2.35. The van der Waals surface area contributed by atoms with Crippen LogP contribution in [0.1, 0.15) is 71.6 Å². The van der Waals surface area contributed by atoms with Crippen LogP contribution in [0.25, 0.3) is 0 Å². The molecule has 0 aromatic carbocycles. The summed E-state index contributed by atoms with van der Waals surface area (Å²) < 4.78 is 0. The first-order valence-corrected chi connectivity index (χ1v) is 8.56. The highest BCUT2D eigenvalue weighted by Crippen LogP contribution is 2.39. The molecule has 1 spiro atoms. The molecular formula is C16H26O9. The molecule has 2 fully saturated rings. The number of carboxylic acid groups (broad SMARTS) is 1. The van der Waals surface area contributed by atoms with Crippen LogP contribution in [0.2, 0.25) is 0 Å². The molecule has 9 nitrogen and oxygen atoms in total. The maximum Gasteiger partial charge on any atom is 0.303 e. The predicted molar refractivity (Wildman–Crippen MR) is 81.3 cm³/mol. The summed E-state index contributed by atoms with van der Waals surface area (Å²) in [6.45, 7) is 3.08. The van der Waals surface area contributed by atoms with Crippen LogP contribution in [0.15, 0.2) is 0 Å². The van der Waals surface area contributed by atoms with Crippen molar-refractivity contribution >= 4 is 12.3 Å². The number of aliphatic carboxylic acids is 1. The van der Waals surface area contributed by atoms with Gasteiger partial charge in [-0.25, -0.2) is 0 Å². The van der Waals surface area contributed by atoms with E-state index in [4.69, 9.17) is 34.4 Å². The van der Waals surface area contributed by atoms with Gasteiger partial charge in [-0.15, -0.1) is 0 Å². The van der Waals surface area contributed by atoms with Crippen LogP contribution in [-0.2, 0) is 38.9 Å². The standard InChI is InChI=1S/C16H26O9/c1-14(8-6-12-17)20-21-15(2,11-7-13(18)19)23-25-16(24-22-14)9-4-3-5-10-16/h12H,3-11H2,1-2H3,(H,18,19). The van der Waals surface area contributed by atoms with Crippen molar-refractivity contribution in [2.24, 2.45) is 0 Å². The molecule has 9 heteroatoms. The Morgan fingerprint density at radius 1 is 0.920 bits per heavy atom. The van der Waals surface area contributed by atoms with E-state index in [0.29, 0.717) is 12.8 Å². The topological polar surface area (TPSA) is 110 Å². The molecule has 1 saturated heterocycles. The highest BCUT2D eigenvalue weighted by Gasteiger charge is 2.46. The lowest BCUT2D eigenvalue weighted by Crippen LogP contribution is -2.42. The fourth-order valence-electron chi connectivity index (χ4n) is 2.62. The smallest absolute Gasteiger partial charge is 0.303 e. The summed E-state index contributed by atoms with van der Waals surface area (Å²) in [4.78, 5) is 54.1. The van der Waals surface area contributed by atoms with Crippen molar-refractivity contribution in [3.05, 3.63) is 0 Å². The van der Waals surface area contributed by atoms with Crippen LogP contribution in [0.3, 0.4) is 0 Å². The maximum absolute atomic E-state index is 10.9. The molecule has 0 aromatic heterocycles. The molecule has 1 N–H and O–H groups in total. The van der Waals surface area contributed by atoms with E-state index in [1.54, 1.807) is 6.92 Å². The second-order valence-electron chi connectivity index (χ2n) is 6.84. The second-order valence-corrected chi connectivity index (χ2v) is 6.84. The summed E-state index contributed by atoms with van der Waals surface area (Å²) in [5, 5.41) is 8.92. The number of carbonyl (C=O) groups is 2. The number of hydrogen-bond donors (Lipinski definition) is 1. The van der Waals surface area contributed by atoms with Crippen LogP contribution in [-0.4, -0.2) is 34.7 Å².